The van der Waals surface area contributed by atoms with Crippen LogP contribution in [-0.2, 0) is 11.3 Å². The number of benzene rings is 2. The summed E-state index contributed by atoms with van der Waals surface area (Å²) in [5, 5.41) is 5.95. The fourth-order valence-corrected chi connectivity index (χ4v) is 2.28. The number of nitrogens with zero attached hydrogens (tertiary/aromatic N) is 1. The molecule has 0 spiro atoms. The molecule has 0 bridgehead atoms. The zero-order chi connectivity index (χ0) is 18.2. The van der Waals surface area contributed by atoms with Crippen molar-refractivity contribution in [1.82, 2.24) is 10.6 Å². The van der Waals surface area contributed by atoms with Gasteiger partial charge in [0.15, 0.2) is 5.96 Å². The highest BCUT2D eigenvalue weighted by Gasteiger charge is 2.12. The molecule has 0 amide bonds. The minimum atomic E-state index is -0.503. The van der Waals surface area contributed by atoms with Crippen molar-refractivity contribution in [3.8, 4) is 0 Å². The molecule has 1 unspecified atom stereocenters. The van der Waals surface area contributed by atoms with Crippen LogP contribution in [0.3, 0.4) is 0 Å². The number of halogens is 3. The minimum Gasteiger partial charge on any atom is -0.375 e. The standard InChI is InChI=1S/C18H20F3N3O/c1-22-18(23-10-13-9-15(20)7-8-16(13)21)24-11-17(25-2)12-3-5-14(19)6-4-12/h3-9,17H,10-11H2,1-2H3,(H2,22,23,24). The van der Waals surface area contributed by atoms with Crippen LogP contribution in [0.5, 0.6) is 0 Å². The van der Waals surface area contributed by atoms with Crippen molar-refractivity contribution in [3.63, 3.8) is 0 Å². The van der Waals surface area contributed by atoms with E-state index in [1.807, 2.05) is 0 Å². The molecular weight excluding hydrogens is 331 g/mol. The summed E-state index contributed by atoms with van der Waals surface area (Å²) in [6.07, 6.45) is -0.315. The molecule has 7 heteroatoms. The molecule has 0 radical (unpaired) electrons. The maximum absolute atomic E-state index is 13.6. The van der Waals surface area contributed by atoms with Crippen LogP contribution in [0.2, 0.25) is 0 Å². The number of guanidine groups is 1. The van der Waals surface area contributed by atoms with E-state index >= 15 is 0 Å². The molecule has 0 aliphatic rings. The third kappa shape index (κ3) is 5.49. The zero-order valence-corrected chi connectivity index (χ0v) is 14.0. The van der Waals surface area contributed by atoms with E-state index in [0.717, 1.165) is 23.8 Å². The number of nitrogens with one attached hydrogen (secondary N) is 2. The second kappa shape index (κ2) is 9.08. The number of methoxy groups -OCH3 is 1. The van der Waals surface area contributed by atoms with E-state index in [1.165, 1.54) is 12.1 Å². The molecule has 1 atom stereocenters. The Balaban J connectivity index is 1.92. The maximum atomic E-state index is 13.6. The summed E-state index contributed by atoms with van der Waals surface area (Å²) in [5.74, 6) is -0.906. The summed E-state index contributed by atoms with van der Waals surface area (Å²) in [6, 6.07) is 9.29. The van der Waals surface area contributed by atoms with E-state index in [9.17, 15) is 13.2 Å². The summed E-state index contributed by atoms with van der Waals surface area (Å²) >= 11 is 0. The minimum absolute atomic E-state index is 0.0808. The lowest BCUT2D eigenvalue weighted by atomic mass is 10.1. The van der Waals surface area contributed by atoms with Gasteiger partial charge < -0.3 is 15.4 Å². The van der Waals surface area contributed by atoms with Gasteiger partial charge in [-0.25, -0.2) is 13.2 Å². The van der Waals surface area contributed by atoms with Gasteiger partial charge in [0.05, 0.1) is 6.10 Å². The van der Waals surface area contributed by atoms with E-state index in [1.54, 1.807) is 26.3 Å². The normalized spacial score (nSPS) is 12.8. The van der Waals surface area contributed by atoms with Crippen LogP contribution < -0.4 is 10.6 Å². The Kier molecular flexibility index (Phi) is 6.82. The molecule has 0 saturated heterocycles. The molecule has 0 aliphatic carbocycles. The molecule has 2 aromatic rings. The van der Waals surface area contributed by atoms with Gasteiger partial charge in [0.2, 0.25) is 0 Å². The van der Waals surface area contributed by atoms with Gasteiger partial charge in [0.1, 0.15) is 17.5 Å². The van der Waals surface area contributed by atoms with E-state index in [0.29, 0.717) is 12.5 Å². The Labute approximate surface area is 144 Å². The second-order valence-electron chi connectivity index (χ2n) is 5.32. The number of ether oxygens (including phenoxy) is 1. The highest BCUT2D eigenvalue weighted by Crippen LogP contribution is 2.16. The molecular formula is C18H20F3N3O. The molecule has 4 nitrogen and oxygen atoms in total. The largest absolute Gasteiger partial charge is 0.375 e. The lowest BCUT2D eigenvalue weighted by molar-refractivity contribution is 0.106. The Bertz CT molecular complexity index is 720. The Morgan fingerprint density at radius 3 is 2.36 bits per heavy atom. The van der Waals surface area contributed by atoms with Crippen molar-refractivity contribution in [1.29, 1.82) is 0 Å². The monoisotopic (exact) mass is 351 g/mol. The van der Waals surface area contributed by atoms with Crippen molar-refractivity contribution >= 4 is 5.96 Å². The van der Waals surface area contributed by atoms with Crippen LogP contribution in [0.4, 0.5) is 13.2 Å². The highest BCUT2D eigenvalue weighted by molar-refractivity contribution is 5.79. The van der Waals surface area contributed by atoms with Gasteiger partial charge >= 0.3 is 0 Å². The average molecular weight is 351 g/mol. The molecule has 25 heavy (non-hydrogen) atoms. The zero-order valence-electron chi connectivity index (χ0n) is 14.0. The lowest BCUT2D eigenvalue weighted by Gasteiger charge is -2.19. The van der Waals surface area contributed by atoms with Gasteiger partial charge in [0.25, 0.3) is 0 Å². The van der Waals surface area contributed by atoms with Crippen LogP contribution in [0, 0.1) is 17.5 Å². The van der Waals surface area contributed by atoms with E-state index < -0.39 is 11.6 Å². The van der Waals surface area contributed by atoms with Gasteiger partial charge in [-0.2, -0.15) is 0 Å². The summed E-state index contributed by atoms with van der Waals surface area (Å²) in [4.78, 5) is 4.03. The predicted octanol–water partition coefficient (Wildman–Crippen LogP) is 3.16. The van der Waals surface area contributed by atoms with E-state index in [2.05, 4.69) is 15.6 Å². The smallest absolute Gasteiger partial charge is 0.191 e. The quantitative estimate of drug-likeness (QED) is 0.621. The van der Waals surface area contributed by atoms with Crippen LogP contribution >= 0.6 is 0 Å². The molecule has 0 saturated carbocycles. The Morgan fingerprint density at radius 1 is 1.04 bits per heavy atom. The lowest BCUT2D eigenvalue weighted by Crippen LogP contribution is -2.39. The molecule has 2 aromatic carbocycles. The molecule has 0 aromatic heterocycles. The second-order valence-corrected chi connectivity index (χ2v) is 5.32. The molecule has 2 rings (SSSR count). The van der Waals surface area contributed by atoms with Crippen molar-refractivity contribution in [2.75, 3.05) is 20.7 Å². The first-order valence-electron chi connectivity index (χ1n) is 7.70. The number of hydrogen-bond donors (Lipinski definition) is 2. The molecule has 0 fully saturated rings. The summed E-state index contributed by atoms with van der Waals surface area (Å²) in [6.45, 7) is 0.449. The van der Waals surface area contributed by atoms with Gasteiger partial charge in [-0.15, -0.1) is 0 Å². The Hall–Kier alpha value is -2.54. The topological polar surface area (TPSA) is 45.7 Å². The molecule has 0 heterocycles. The highest BCUT2D eigenvalue weighted by atomic mass is 19.1. The Morgan fingerprint density at radius 2 is 1.72 bits per heavy atom. The van der Waals surface area contributed by atoms with Crippen molar-refractivity contribution < 1.29 is 17.9 Å². The first-order chi connectivity index (χ1) is 12.0. The van der Waals surface area contributed by atoms with Crippen molar-refractivity contribution in [2.24, 2.45) is 4.99 Å². The van der Waals surface area contributed by atoms with Crippen LogP contribution in [0.15, 0.2) is 47.5 Å². The molecule has 134 valence electrons. The van der Waals surface area contributed by atoms with Crippen LogP contribution in [-0.4, -0.2) is 26.7 Å². The number of rotatable bonds is 6. The van der Waals surface area contributed by atoms with Gasteiger partial charge in [-0.3, -0.25) is 4.99 Å². The summed E-state index contributed by atoms with van der Waals surface area (Å²) in [7, 11) is 3.12. The third-order valence-corrected chi connectivity index (χ3v) is 3.66. The number of aliphatic imine (C=N–C) groups is 1. The molecule has 2 N–H and O–H groups in total. The number of hydrogen-bond acceptors (Lipinski definition) is 2. The van der Waals surface area contributed by atoms with E-state index in [-0.39, 0.29) is 24.0 Å². The SMILES string of the molecule is CN=C(NCc1cc(F)ccc1F)NCC(OC)c1ccc(F)cc1. The van der Waals surface area contributed by atoms with Crippen LogP contribution in [0.1, 0.15) is 17.2 Å². The van der Waals surface area contributed by atoms with E-state index in [4.69, 9.17) is 4.74 Å². The fraction of sp³-hybridized carbons (Fsp3) is 0.278. The third-order valence-electron chi connectivity index (χ3n) is 3.66. The van der Waals surface area contributed by atoms with Gasteiger partial charge in [0, 0.05) is 32.8 Å². The van der Waals surface area contributed by atoms with Gasteiger partial charge in [-0.1, -0.05) is 12.1 Å². The molecule has 0 aliphatic heterocycles. The maximum Gasteiger partial charge on any atom is 0.191 e. The van der Waals surface area contributed by atoms with Crippen molar-refractivity contribution in [3.05, 3.63) is 71.0 Å². The summed E-state index contributed by atoms with van der Waals surface area (Å²) in [5.41, 5.74) is 1.01. The first kappa shape index (κ1) is 18.8. The van der Waals surface area contributed by atoms with Crippen LogP contribution in [0.25, 0.3) is 0 Å². The fourth-order valence-electron chi connectivity index (χ4n) is 2.28. The van der Waals surface area contributed by atoms with Crippen molar-refractivity contribution in [2.45, 2.75) is 12.6 Å². The average Bonchev–Trinajstić information content (AvgIpc) is 2.62. The first-order valence-corrected chi connectivity index (χ1v) is 7.70. The van der Waals surface area contributed by atoms with Gasteiger partial charge in [-0.05, 0) is 35.9 Å². The predicted molar refractivity (Wildman–Crippen MR) is 90.7 cm³/mol. The summed E-state index contributed by atoms with van der Waals surface area (Å²) < 4.78 is 45.2.